The van der Waals surface area contributed by atoms with Gasteiger partial charge in [-0.2, -0.15) is 0 Å². The fraction of sp³-hybridized carbons (Fsp3) is 0.545. The molecule has 1 aromatic heterocycles. The Labute approximate surface area is 95.3 Å². The Morgan fingerprint density at radius 1 is 1.38 bits per heavy atom. The van der Waals surface area contributed by atoms with E-state index < -0.39 is 5.97 Å². The van der Waals surface area contributed by atoms with Crippen molar-refractivity contribution in [2.45, 2.75) is 39.8 Å². The summed E-state index contributed by atoms with van der Waals surface area (Å²) in [7, 11) is 0. The van der Waals surface area contributed by atoms with E-state index in [1.54, 1.807) is 13.8 Å². The molecule has 5 nitrogen and oxygen atoms in total. The van der Waals surface area contributed by atoms with E-state index in [4.69, 9.17) is 4.74 Å². The quantitative estimate of drug-likeness (QED) is 0.789. The number of rotatable bonds is 4. The average molecular weight is 223 g/mol. The average Bonchev–Trinajstić information content (AvgIpc) is 2.16. The van der Waals surface area contributed by atoms with Crippen LogP contribution in [-0.2, 0) is 4.74 Å². The number of esters is 1. The van der Waals surface area contributed by atoms with Gasteiger partial charge >= 0.3 is 5.97 Å². The second kappa shape index (κ2) is 5.44. The van der Waals surface area contributed by atoms with Crippen LogP contribution in [0.4, 0.5) is 5.95 Å². The first-order valence-corrected chi connectivity index (χ1v) is 5.29. The molecule has 1 N–H and O–H groups in total. The number of hydrogen-bond donors (Lipinski definition) is 1. The Hall–Kier alpha value is -1.65. The highest BCUT2D eigenvalue weighted by Crippen LogP contribution is 2.05. The molecule has 0 aliphatic heterocycles. The molecule has 88 valence electrons. The maximum Gasteiger partial charge on any atom is 0.357 e. The third-order valence-corrected chi connectivity index (χ3v) is 1.63. The summed E-state index contributed by atoms with van der Waals surface area (Å²) in [5.41, 5.74) is 0.270. The number of ether oxygens (including phenoxy) is 1. The Morgan fingerprint density at radius 3 is 2.62 bits per heavy atom. The highest BCUT2D eigenvalue weighted by atomic mass is 16.5. The van der Waals surface area contributed by atoms with Gasteiger partial charge in [0.15, 0.2) is 5.69 Å². The normalized spacial score (nSPS) is 10.6. The van der Waals surface area contributed by atoms with Crippen LogP contribution in [0.5, 0.6) is 0 Å². The van der Waals surface area contributed by atoms with E-state index in [1.807, 2.05) is 13.8 Å². The molecule has 0 amide bonds. The minimum atomic E-state index is -0.427. The minimum Gasteiger partial charge on any atom is -0.458 e. The molecule has 0 aliphatic rings. The molecule has 0 aliphatic carbocycles. The Morgan fingerprint density at radius 2 is 2.06 bits per heavy atom. The van der Waals surface area contributed by atoms with Gasteiger partial charge in [0, 0.05) is 12.2 Å². The highest BCUT2D eigenvalue weighted by Gasteiger charge is 2.11. The van der Waals surface area contributed by atoms with Gasteiger partial charge in [-0.15, -0.1) is 0 Å². The highest BCUT2D eigenvalue weighted by molar-refractivity contribution is 5.87. The van der Waals surface area contributed by atoms with Gasteiger partial charge in [0.1, 0.15) is 0 Å². The molecule has 0 saturated carbocycles. The molecule has 0 radical (unpaired) electrons. The van der Waals surface area contributed by atoms with E-state index in [9.17, 15) is 4.79 Å². The van der Waals surface area contributed by atoms with E-state index in [0.717, 1.165) is 0 Å². The van der Waals surface area contributed by atoms with Gasteiger partial charge in [-0.05, 0) is 33.8 Å². The van der Waals surface area contributed by atoms with Crippen LogP contribution in [0.2, 0.25) is 0 Å². The summed E-state index contributed by atoms with van der Waals surface area (Å²) >= 11 is 0. The summed E-state index contributed by atoms with van der Waals surface area (Å²) < 4.78 is 5.04. The van der Waals surface area contributed by atoms with Gasteiger partial charge in [-0.25, -0.2) is 14.8 Å². The van der Waals surface area contributed by atoms with E-state index in [-0.39, 0.29) is 17.8 Å². The van der Waals surface area contributed by atoms with Gasteiger partial charge in [-0.3, -0.25) is 0 Å². The van der Waals surface area contributed by atoms with Crippen LogP contribution in [0, 0.1) is 0 Å². The standard InChI is InChI=1S/C11H17N3O2/c1-7(2)13-11-12-6-5-9(14-11)10(15)16-8(3)4/h5-8H,1-4H3,(H,12,13,14). The molecule has 1 heterocycles. The molecule has 0 aromatic carbocycles. The summed E-state index contributed by atoms with van der Waals surface area (Å²) in [6.07, 6.45) is 1.39. The SMILES string of the molecule is CC(C)Nc1nccc(C(=O)OC(C)C)n1. The first-order chi connectivity index (χ1) is 7.49. The Kier molecular flexibility index (Phi) is 4.22. The second-order valence-electron chi connectivity index (χ2n) is 4.02. The molecule has 1 rings (SSSR count). The molecular weight excluding hydrogens is 206 g/mol. The van der Waals surface area contributed by atoms with Crippen molar-refractivity contribution in [3.05, 3.63) is 18.0 Å². The van der Waals surface area contributed by atoms with E-state index in [0.29, 0.717) is 5.95 Å². The summed E-state index contributed by atoms with van der Waals surface area (Å²) in [6.45, 7) is 7.55. The third kappa shape index (κ3) is 3.84. The number of hydrogen-bond acceptors (Lipinski definition) is 5. The van der Waals surface area contributed by atoms with Crippen molar-refractivity contribution in [3.8, 4) is 0 Å². The summed E-state index contributed by atoms with van der Waals surface area (Å²) in [6, 6.07) is 1.76. The van der Waals surface area contributed by atoms with Gasteiger partial charge in [0.05, 0.1) is 6.10 Å². The van der Waals surface area contributed by atoms with Gasteiger partial charge < -0.3 is 10.1 Å². The fourth-order valence-corrected chi connectivity index (χ4v) is 1.07. The molecule has 0 unspecified atom stereocenters. The van der Waals surface area contributed by atoms with Crippen LogP contribution in [0.25, 0.3) is 0 Å². The van der Waals surface area contributed by atoms with Crippen molar-refractivity contribution in [2.75, 3.05) is 5.32 Å². The van der Waals surface area contributed by atoms with Crippen LogP contribution in [0.15, 0.2) is 12.3 Å². The van der Waals surface area contributed by atoms with Crippen LogP contribution in [0.1, 0.15) is 38.2 Å². The van der Waals surface area contributed by atoms with Gasteiger partial charge in [-0.1, -0.05) is 0 Å². The first-order valence-electron chi connectivity index (χ1n) is 5.29. The van der Waals surface area contributed by atoms with Crippen LogP contribution >= 0.6 is 0 Å². The number of nitrogens with one attached hydrogen (secondary N) is 1. The first kappa shape index (κ1) is 12.4. The lowest BCUT2D eigenvalue weighted by molar-refractivity contribution is 0.0371. The number of anilines is 1. The Balaban J connectivity index is 2.77. The number of aromatic nitrogens is 2. The van der Waals surface area contributed by atoms with Crippen LogP contribution in [0.3, 0.4) is 0 Å². The van der Waals surface area contributed by atoms with Gasteiger partial charge in [0.25, 0.3) is 0 Å². The topological polar surface area (TPSA) is 64.1 Å². The maximum atomic E-state index is 11.6. The van der Waals surface area contributed by atoms with E-state index >= 15 is 0 Å². The molecule has 0 saturated heterocycles. The molecule has 1 aromatic rings. The lowest BCUT2D eigenvalue weighted by Gasteiger charge is -2.10. The van der Waals surface area contributed by atoms with E-state index in [2.05, 4.69) is 15.3 Å². The molecule has 0 fully saturated rings. The summed E-state index contributed by atoms with van der Waals surface area (Å²) in [4.78, 5) is 19.6. The van der Waals surface area contributed by atoms with Crippen LogP contribution < -0.4 is 5.32 Å². The molecule has 16 heavy (non-hydrogen) atoms. The van der Waals surface area contributed by atoms with Crippen molar-refractivity contribution >= 4 is 11.9 Å². The fourth-order valence-electron chi connectivity index (χ4n) is 1.07. The number of carbonyl (C=O) groups is 1. The molecule has 0 bridgehead atoms. The largest absolute Gasteiger partial charge is 0.458 e. The third-order valence-electron chi connectivity index (χ3n) is 1.63. The van der Waals surface area contributed by atoms with Crippen molar-refractivity contribution in [1.29, 1.82) is 0 Å². The number of nitrogens with zero attached hydrogens (tertiary/aromatic N) is 2. The smallest absolute Gasteiger partial charge is 0.357 e. The second-order valence-corrected chi connectivity index (χ2v) is 4.02. The predicted octanol–water partition coefficient (Wildman–Crippen LogP) is 1.86. The molecule has 5 heteroatoms. The number of carbonyl (C=O) groups excluding carboxylic acids is 1. The van der Waals surface area contributed by atoms with Crippen LogP contribution in [-0.4, -0.2) is 28.1 Å². The van der Waals surface area contributed by atoms with Crippen molar-refractivity contribution in [2.24, 2.45) is 0 Å². The van der Waals surface area contributed by atoms with Crippen molar-refractivity contribution in [1.82, 2.24) is 9.97 Å². The van der Waals surface area contributed by atoms with Crippen molar-refractivity contribution < 1.29 is 9.53 Å². The van der Waals surface area contributed by atoms with Crippen molar-refractivity contribution in [3.63, 3.8) is 0 Å². The molecule has 0 atom stereocenters. The Bertz CT molecular complexity index is 364. The lowest BCUT2D eigenvalue weighted by atomic mass is 10.4. The van der Waals surface area contributed by atoms with E-state index in [1.165, 1.54) is 12.3 Å². The zero-order chi connectivity index (χ0) is 12.1. The predicted molar refractivity (Wildman–Crippen MR) is 61.3 cm³/mol. The summed E-state index contributed by atoms with van der Waals surface area (Å²) in [5, 5.41) is 3.02. The monoisotopic (exact) mass is 223 g/mol. The van der Waals surface area contributed by atoms with Gasteiger partial charge in [0.2, 0.25) is 5.95 Å². The molecular formula is C11H17N3O2. The zero-order valence-electron chi connectivity index (χ0n) is 10.0. The minimum absolute atomic E-state index is 0.149. The maximum absolute atomic E-state index is 11.6. The summed E-state index contributed by atoms with van der Waals surface area (Å²) in [5.74, 6) is 0.0115. The molecule has 0 spiro atoms. The lowest BCUT2D eigenvalue weighted by Crippen LogP contribution is -2.16. The zero-order valence-corrected chi connectivity index (χ0v) is 10.0.